The van der Waals surface area contributed by atoms with Gasteiger partial charge in [-0.15, -0.1) is 0 Å². The number of aromatic nitrogens is 2. The molecule has 0 saturated carbocycles. The van der Waals surface area contributed by atoms with E-state index >= 15 is 0 Å². The molecule has 3 N–H and O–H groups in total. The minimum Gasteiger partial charge on any atom is -0.345 e. The molecule has 2 amide bonds. The first-order chi connectivity index (χ1) is 12.2. The first-order valence-electron chi connectivity index (χ1n) is 8.03. The Labute approximate surface area is 144 Å². The number of rotatable bonds is 3. The SMILES string of the molecule is O=C1CCc2ccc(C(=O)Nc3ccc(-c4ncc[nH]4)cc3)cc2N1. The van der Waals surface area contributed by atoms with E-state index in [9.17, 15) is 9.59 Å². The zero-order valence-electron chi connectivity index (χ0n) is 13.4. The molecule has 1 aliphatic rings. The fourth-order valence-electron chi connectivity index (χ4n) is 2.85. The van der Waals surface area contributed by atoms with Gasteiger partial charge in [0.15, 0.2) is 0 Å². The second-order valence-electron chi connectivity index (χ2n) is 5.89. The Morgan fingerprint density at radius 3 is 2.68 bits per heavy atom. The lowest BCUT2D eigenvalue weighted by atomic mass is 10.0. The molecule has 0 saturated heterocycles. The normalized spacial score (nSPS) is 13.0. The number of benzene rings is 2. The Morgan fingerprint density at radius 1 is 1.08 bits per heavy atom. The molecule has 25 heavy (non-hydrogen) atoms. The summed E-state index contributed by atoms with van der Waals surface area (Å²) in [6.07, 6.45) is 4.65. The van der Waals surface area contributed by atoms with Crippen molar-refractivity contribution >= 4 is 23.2 Å². The summed E-state index contributed by atoms with van der Waals surface area (Å²) in [7, 11) is 0. The number of hydrogen-bond donors (Lipinski definition) is 3. The third-order valence-electron chi connectivity index (χ3n) is 4.18. The van der Waals surface area contributed by atoms with Crippen LogP contribution >= 0.6 is 0 Å². The highest BCUT2D eigenvalue weighted by atomic mass is 16.2. The molecular formula is C19H16N4O2. The van der Waals surface area contributed by atoms with Crippen LogP contribution in [-0.2, 0) is 11.2 Å². The Bertz CT molecular complexity index is 931. The molecule has 6 nitrogen and oxygen atoms in total. The minimum absolute atomic E-state index is 0.0152. The number of anilines is 2. The van der Waals surface area contributed by atoms with Gasteiger partial charge in [0.2, 0.25) is 5.91 Å². The van der Waals surface area contributed by atoms with E-state index in [0.717, 1.165) is 22.6 Å². The van der Waals surface area contributed by atoms with Crippen LogP contribution in [0.3, 0.4) is 0 Å². The van der Waals surface area contributed by atoms with Gasteiger partial charge in [-0.25, -0.2) is 4.98 Å². The van der Waals surface area contributed by atoms with E-state index in [1.807, 2.05) is 30.3 Å². The van der Waals surface area contributed by atoms with E-state index in [2.05, 4.69) is 20.6 Å². The van der Waals surface area contributed by atoms with Crippen molar-refractivity contribution in [2.75, 3.05) is 10.6 Å². The maximum Gasteiger partial charge on any atom is 0.255 e. The molecule has 0 radical (unpaired) electrons. The lowest BCUT2D eigenvalue weighted by Gasteiger charge is -2.17. The standard InChI is InChI=1S/C19H16N4O2/c24-17-8-5-12-1-2-14(11-16(12)23-17)19(25)22-15-6-3-13(4-7-15)18-20-9-10-21-18/h1-4,6-7,9-11H,5,8H2,(H,20,21)(H,22,25)(H,23,24). The number of imidazole rings is 1. The minimum atomic E-state index is -0.214. The Kier molecular flexibility index (Phi) is 3.78. The number of nitrogens with one attached hydrogen (secondary N) is 3. The van der Waals surface area contributed by atoms with Crippen molar-refractivity contribution < 1.29 is 9.59 Å². The summed E-state index contributed by atoms with van der Waals surface area (Å²) in [6.45, 7) is 0. The molecule has 6 heteroatoms. The molecule has 2 aromatic carbocycles. The average Bonchev–Trinajstić information content (AvgIpc) is 3.16. The summed E-state index contributed by atoms with van der Waals surface area (Å²) in [4.78, 5) is 31.2. The van der Waals surface area contributed by atoms with E-state index in [1.54, 1.807) is 24.5 Å². The molecular weight excluding hydrogens is 316 g/mol. The van der Waals surface area contributed by atoms with Gasteiger partial charge in [0.05, 0.1) is 0 Å². The number of H-pyrrole nitrogens is 1. The van der Waals surface area contributed by atoms with Gasteiger partial charge in [-0.2, -0.15) is 0 Å². The highest BCUT2D eigenvalue weighted by molar-refractivity contribution is 6.06. The summed E-state index contributed by atoms with van der Waals surface area (Å²) < 4.78 is 0. The highest BCUT2D eigenvalue weighted by Crippen LogP contribution is 2.24. The molecule has 0 spiro atoms. The van der Waals surface area contributed by atoms with Crippen LogP contribution in [-0.4, -0.2) is 21.8 Å². The van der Waals surface area contributed by atoms with Crippen molar-refractivity contribution in [1.29, 1.82) is 0 Å². The Morgan fingerprint density at radius 2 is 1.92 bits per heavy atom. The van der Waals surface area contributed by atoms with Crippen LogP contribution in [0.2, 0.25) is 0 Å². The largest absolute Gasteiger partial charge is 0.345 e. The molecule has 3 aromatic rings. The topological polar surface area (TPSA) is 86.9 Å². The summed E-state index contributed by atoms with van der Waals surface area (Å²) in [5.74, 6) is 0.551. The summed E-state index contributed by atoms with van der Waals surface area (Å²) in [5, 5.41) is 5.68. The number of hydrogen-bond acceptors (Lipinski definition) is 3. The quantitative estimate of drug-likeness (QED) is 0.688. The maximum absolute atomic E-state index is 12.5. The van der Waals surface area contributed by atoms with Gasteiger partial charge in [0, 0.05) is 41.3 Å². The molecule has 1 aliphatic heterocycles. The number of aryl methyl sites for hydroxylation is 1. The van der Waals surface area contributed by atoms with Gasteiger partial charge in [-0.3, -0.25) is 9.59 Å². The zero-order valence-corrected chi connectivity index (χ0v) is 13.4. The van der Waals surface area contributed by atoms with Crippen LogP contribution < -0.4 is 10.6 Å². The Balaban J connectivity index is 1.50. The molecule has 0 fully saturated rings. The predicted octanol–water partition coefficient (Wildman–Crippen LogP) is 3.21. The second-order valence-corrected chi connectivity index (χ2v) is 5.89. The average molecular weight is 332 g/mol. The third kappa shape index (κ3) is 3.14. The van der Waals surface area contributed by atoms with Gasteiger partial charge < -0.3 is 15.6 Å². The number of aromatic amines is 1. The summed E-state index contributed by atoms with van der Waals surface area (Å²) in [6, 6.07) is 12.8. The van der Waals surface area contributed by atoms with Crippen LogP contribution in [0.5, 0.6) is 0 Å². The van der Waals surface area contributed by atoms with E-state index in [1.165, 1.54) is 0 Å². The first kappa shape index (κ1) is 15.1. The molecule has 4 rings (SSSR count). The van der Waals surface area contributed by atoms with Crippen molar-refractivity contribution in [2.45, 2.75) is 12.8 Å². The van der Waals surface area contributed by atoms with E-state index in [4.69, 9.17) is 0 Å². The maximum atomic E-state index is 12.5. The van der Waals surface area contributed by atoms with E-state index < -0.39 is 0 Å². The van der Waals surface area contributed by atoms with Gasteiger partial charge >= 0.3 is 0 Å². The lowest BCUT2D eigenvalue weighted by Crippen LogP contribution is -2.20. The van der Waals surface area contributed by atoms with Crippen LogP contribution in [0.1, 0.15) is 22.3 Å². The molecule has 124 valence electrons. The second kappa shape index (κ2) is 6.24. The van der Waals surface area contributed by atoms with Crippen LogP contribution in [0.4, 0.5) is 11.4 Å². The van der Waals surface area contributed by atoms with Crippen LogP contribution in [0, 0.1) is 0 Å². The third-order valence-corrected chi connectivity index (χ3v) is 4.18. The molecule has 1 aromatic heterocycles. The number of carbonyl (C=O) groups excluding carboxylic acids is 2. The zero-order chi connectivity index (χ0) is 17.2. The Hall–Kier alpha value is -3.41. The van der Waals surface area contributed by atoms with Crippen LogP contribution in [0.25, 0.3) is 11.4 Å². The van der Waals surface area contributed by atoms with Crippen molar-refractivity contribution in [3.63, 3.8) is 0 Å². The fourth-order valence-corrected chi connectivity index (χ4v) is 2.85. The predicted molar refractivity (Wildman–Crippen MR) is 95.4 cm³/mol. The van der Waals surface area contributed by atoms with Gasteiger partial charge in [0.1, 0.15) is 5.82 Å². The van der Waals surface area contributed by atoms with Crippen molar-refractivity contribution in [3.8, 4) is 11.4 Å². The van der Waals surface area contributed by atoms with Crippen LogP contribution in [0.15, 0.2) is 54.9 Å². The molecule has 0 unspecified atom stereocenters. The molecule has 2 heterocycles. The van der Waals surface area contributed by atoms with Gasteiger partial charge in [-0.1, -0.05) is 6.07 Å². The monoisotopic (exact) mass is 332 g/mol. The number of amides is 2. The summed E-state index contributed by atoms with van der Waals surface area (Å²) in [5.41, 5.74) is 3.92. The van der Waals surface area contributed by atoms with Crippen molar-refractivity contribution in [1.82, 2.24) is 9.97 Å². The smallest absolute Gasteiger partial charge is 0.255 e. The first-order valence-corrected chi connectivity index (χ1v) is 8.03. The van der Waals surface area contributed by atoms with Crippen molar-refractivity contribution in [3.05, 3.63) is 66.0 Å². The lowest BCUT2D eigenvalue weighted by molar-refractivity contribution is -0.116. The summed E-state index contributed by atoms with van der Waals surface area (Å²) >= 11 is 0. The number of nitrogens with zero attached hydrogens (tertiary/aromatic N) is 1. The number of fused-ring (bicyclic) bond motifs is 1. The van der Waals surface area contributed by atoms with Gasteiger partial charge in [-0.05, 0) is 48.4 Å². The molecule has 0 aliphatic carbocycles. The number of carbonyl (C=O) groups is 2. The van der Waals surface area contributed by atoms with Crippen molar-refractivity contribution in [2.24, 2.45) is 0 Å². The van der Waals surface area contributed by atoms with E-state index in [0.29, 0.717) is 24.1 Å². The molecule has 0 atom stereocenters. The highest BCUT2D eigenvalue weighted by Gasteiger charge is 2.16. The molecule has 0 bridgehead atoms. The van der Waals surface area contributed by atoms with E-state index in [-0.39, 0.29) is 11.8 Å². The fraction of sp³-hybridized carbons (Fsp3) is 0.105. The van der Waals surface area contributed by atoms with Gasteiger partial charge in [0.25, 0.3) is 5.91 Å².